The standard InChI is InChI=1S/C26H24ClN3O4S/c1-33-22-11-7-19(8-12-22)24-28-25(35(31,32)23-13-9-20(27)10-14-23)26(34-24)30-17-15-29(16-18-30)21-5-3-2-4-6-21/h2-14H,15-18H2,1H3. The number of halogens is 1. The van der Waals surface area contributed by atoms with Gasteiger partial charge in [-0.25, -0.2) is 8.42 Å². The molecule has 0 amide bonds. The van der Waals surface area contributed by atoms with Crippen LogP contribution in [0.3, 0.4) is 0 Å². The van der Waals surface area contributed by atoms with Crippen LogP contribution in [0.4, 0.5) is 11.6 Å². The van der Waals surface area contributed by atoms with E-state index in [0.29, 0.717) is 29.4 Å². The molecular weight excluding hydrogens is 486 g/mol. The highest BCUT2D eigenvalue weighted by atomic mass is 35.5. The largest absolute Gasteiger partial charge is 0.497 e. The van der Waals surface area contributed by atoms with Crippen molar-refractivity contribution >= 4 is 33.0 Å². The average molecular weight is 510 g/mol. The Kier molecular flexibility index (Phi) is 6.40. The first-order valence-electron chi connectivity index (χ1n) is 11.2. The predicted octanol–water partition coefficient (Wildman–Crippen LogP) is 5.16. The van der Waals surface area contributed by atoms with Gasteiger partial charge in [-0.1, -0.05) is 29.8 Å². The number of benzene rings is 3. The van der Waals surface area contributed by atoms with Crippen molar-refractivity contribution in [3.8, 4) is 17.2 Å². The number of hydrogen-bond donors (Lipinski definition) is 0. The fourth-order valence-electron chi connectivity index (χ4n) is 4.06. The average Bonchev–Trinajstić information content (AvgIpc) is 3.36. The molecule has 0 saturated carbocycles. The van der Waals surface area contributed by atoms with Crippen LogP contribution in [-0.2, 0) is 9.84 Å². The van der Waals surface area contributed by atoms with E-state index in [1.165, 1.54) is 12.1 Å². The number of piperazine rings is 1. The smallest absolute Gasteiger partial charge is 0.236 e. The summed E-state index contributed by atoms with van der Waals surface area (Å²) in [5.41, 5.74) is 1.80. The van der Waals surface area contributed by atoms with Crippen molar-refractivity contribution in [2.24, 2.45) is 0 Å². The monoisotopic (exact) mass is 509 g/mol. The maximum absolute atomic E-state index is 13.6. The first kappa shape index (κ1) is 23.3. The van der Waals surface area contributed by atoms with Crippen molar-refractivity contribution in [3.05, 3.63) is 83.9 Å². The highest BCUT2D eigenvalue weighted by molar-refractivity contribution is 7.91. The molecule has 0 radical (unpaired) electrons. The summed E-state index contributed by atoms with van der Waals surface area (Å²) in [7, 11) is -2.36. The zero-order chi connectivity index (χ0) is 24.4. The highest BCUT2D eigenvalue weighted by Gasteiger charge is 2.33. The molecule has 2 heterocycles. The topological polar surface area (TPSA) is 75.9 Å². The van der Waals surface area contributed by atoms with E-state index in [4.69, 9.17) is 20.8 Å². The summed E-state index contributed by atoms with van der Waals surface area (Å²) >= 11 is 5.98. The van der Waals surface area contributed by atoms with Crippen LogP contribution >= 0.6 is 11.6 Å². The highest BCUT2D eigenvalue weighted by Crippen LogP contribution is 2.36. The lowest BCUT2D eigenvalue weighted by Crippen LogP contribution is -2.46. The molecule has 0 unspecified atom stereocenters. The number of para-hydroxylation sites is 1. The van der Waals surface area contributed by atoms with Crippen LogP contribution in [0.5, 0.6) is 5.75 Å². The maximum atomic E-state index is 13.6. The molecule has 3 aromatic carbocycles. The van der Waals surface area contributed by atoms with Gasteiger partial charge in [-0.15, -0.1) is 0 Å². The van der Waals surface area contributed by atoms with E-state index in [1.54, 1.807) is 43.5 Å². The van der Waals surface area contributed by atoms with Crippen LogP contribution in [0.25, 0.3) is 11.5 Å². The van der Waals surface area contributed by atoms with Crippen molar-refractivity contribution in [1.82, 2.24) is 4.98 Å². The second kappa shape index (κ2) is 9.64. The van der Waals surface area contributed by atoms with Gasteiger partial charge in [-0.05, 0) is 60.7 Å². The van der Waals surface area contributed by atoms with Crippen molar-refractivity contribution in [2.75, 3.05) is 43.1 Å². The normalized spacial score (nSPS) is 14.2. The van der Waals surface area contributed by atoms with E-state index >= 15 is 0 Å². The van der Waals surface area contributed by atoms with Crippen LogP contribution in [0.2, 0.25) is 5.02 Å². The Labute approximate surface area is 209 Å². The first-order valence-corrected chi connectivity index (χ1v) is 13.0. The molecule has 0 atom stereocenters. The molecule has 4 aromatic rings. The lowest BCUT2D eigenvalue weighted by Gasteiger charge is -2.36. The molecule has 1 fully saturated rings. The molecule has 0 N–H and O–H groups in total. The number of oxazole rings is 1. The minimum atomic E-state index is -3.94. The van der Waals surface area contributed by atoms with Crippen LogP contribution in [-0.4, -0.2) is 46.7 Å². The van der Waals surface area contributed by atoms with Gasteiger partial charge in [0.25, 0.3) is 0 Å². The number of rotatable bonds is 6. The van der Waals surface area contributed by atoms with Gasteiger partial charge in [0.2, 0.25) is 26.6 Å². The molecule has 1 aliphatic rings. The third kappa shape index (κ3) is 4.72. The number of aromatic nitrogens is 1. The summed E-state index contributed by atoms with van der Waals surface area (Å²) in [5, 5.41) is 0.360. The minimum Gasteiger partial charge on any atom is -0.497 e. The van der Waals surface area contributed by atoms with Gasteiger partial charge >= 0.3 is 0 Å². The number of hydrogen-bond acceptors (Lipinski definition) is 7. The van der Waals surface area contributed by atoms with Crippen LogP contribution in [0, 0.1) is 0 Å². The second-order valence-electron chi connectivity index (χ2n) is 8.12. The van der Waals surface area contributed by atoms with E-state index in [2.05, 4.69) is 22.0 Å². The third-order valence-corrected chi connectivity index (χ3v) is 7.90. The van der Waals surface area contributed by atoms with Gasteiger partial charge in [0, 0.05) is 42.5 Å². The second-order valence-corrected chi connectivity index (χ2v) is 10.4. The van der Waals surface area contributed by atoms with E-state index in [0.717, 1.165) is 18.8 Å². The number of nitrogens with zero attached hydrogens (tertiary/aromatic N) is 3. The molecule has 0 spiro atoms. The molecule has 1 aliphatic heterocycles. The van der Waals surface area contributed by atoms with E-state index < -0.39 is 9.84 Å². The Hall–Kier alpha value is -3.49. The quantitative estimate of drug-likeness (QED) is 0.355. The fraction of sp³-hybridized carbons (Fsp3) is 0.192. The summed E-state index contributed by atoms with van der Waals surface area (Å²) in [6, 6.07) is 23.4. The lowest BCUT2D eigenvalue weighted by atomic mass is 10.2. The van der Waals surface area contributed by atoms with E-state index in [9.17, 15) is 8.42 Å². The summed E-state index contributed by atoms with van der Waals surface area (Å²) in [6.45, 7) is 2.64. The van der Waals surface area contributed by atoms with Crippen LogP contribution < -0.4 is 14.5 Å². The number of methoxy groups -OCH3 is 1. The van der Waals surface area contributed by atoms with Crippen molar-refractivity contribution < 1.29 is 17.6 Å². The summed E-state index contributed by atoms with van der Waals surface area (Å²) in [4.78, 5) is 8.80. The number of anilines is 2. The van der Waals surface area contributed by atoms with Gasteiger partial charge in [0.1, 0.15) is 5.75 Å². The van der Waals surface area contributed by atoms with Gasteiger partial charge < -0.3 is 19.0 Å². The molecule has 9 heteroatoms. The molecule has 7 nitrogen and oxygen atoms in total. The Morgan fingerprint density at radius 1 is 0.857 bits per heavy atom. The first-order chi connectivity index (χ1) is 17.0. The molecule has 180 valence electrons. The Morgan fingerprint density at radius 3 is 2.11 bits per heavy atom. The summed E-state index contributed by atoms with van der Waals surface area (Å²) in [5.74, 6) is 1.17. The number of sulfone groups is 1. The lowest BCUT2D eigenvalue weighted by molar-refractivity contribution is 0.415. The van der Waals surface area contributed by atoms with Crippen molar-refractivity contribution in [1.29, 1.82) is 0 Å². The zero-order valence-corrected chi connectivity index (χ0v) is 20.7. The number of ether oxygens (including phenoxy) is 1. The van der Waals surface area contributed by atoms with Gasteiger partial charge in [0.05, 0.1) is 12.0 Å². The maximum Gasteiger partial charge on any atom is 0.236 e. The van der Waals surface area contributed by atoms with Crippen molar-refractivity contribution in [3.63, 3.8) is 0 Å². The van der Waals surface area contributed by atoms with Gasteiger partial charge in [-0.3, -0.25) is 0 Å². The zero-order valence-electron chi connectivity index (χ0n) is 19.1. The van der Waals surface area contributed by atoms with Crippen LogP contribution in [0.15, 0.2) is 93.2 Å². The van der Waals surface area contributed by atoms with Gasteiger partial charge in [-0.2, -0.15) is 4.98 Å². The van der Waals surface area contributed by atoms with E-state index in [1.807, 2.05) is 23.1 Å². The molecule has 1 aromatic heterocycles. The molecular formula is C26H24ClN3O4S. The Bertz CT molecular complexity index is 1400. The Morgan fingerprint density at radius 2 is 1.49 bits per heavy atom. The molecule has 0 aliphatic carbocycles. The van der Waals surface area contributed by atoms with Crippen molar-refractivity contribution in [2.45, 2.75) is 9.92 Å². The van der Waals surface area contributed by atoms with Gasteiger partial charge in [0.15, 0.2) is 0 Å². The van der Waals surface area contributed by atoms with Crippen LogP contribution in [0.1, 0.15) is 0 Å². The summed E-state index contributed by atoms with van der Waals surface area (Å²) < 4.78 is 38.6. The fourth-order valence-corrected chi connectivity index (χ4v) is 5.51. The third-order valence-electron chi connectivity index (χ3n) is 5.98. The molecule has 5 rings (SSSR count). The molecule has 35 heavy (non-hydrogen) atoms. The SMILES string of the molecule is COc1ccc(-c2nc(S(=O)(=O)c3ccc(Cl)cc3)c(N3CCN(c4ccccc4)CC3)o2)cc1. The predicted molar refractivity (Wildman–Crippen MR) is 136 cm³/mol. The minimum absolute atomic E-state index is 0.0983. The molecule has 1 saturated heterocycles. The summed E-state index contributed by atoms with van der Waals surface area (Å²) in [6.07, 6.45) is 0. The molecule has 0 bridgehead atoms. The van der Waals surface area contributed by atoms with E-state index in [-0.39, 0.29) is 21.7 Å². The Balaban J connectivity index is 1.51.